The number of piperidine rings is 2. The fourth-order valence-electron chi connectivity index (χ4n) is 8.25. The third kappa shape index (κ3) is 4.58. The summed E-state index contributed by atoms with van der Waals surface area (Å²) in [7, 11) is 1.28. The lowest BCUT2D eigenvalue weighted by Gasteiger charge is -2.54. The summed E-state index contributed by atoms with van der Waals surface area (Å²) in [6.07, 6.45) is 15.1. The molecule has 1 N–H and O–H groups in total. The Bertz CT molecular complexity index is 1230. The molecule has 37 heavy (non-hydrogen) atoms. The number of oxime groups is 1. The maximum Gasteiger partial charge on any atom is 0.360 e. The zero-order valence-electron chi connectivity index (χ0n) is 21.7. The summed E-state index contributed by atoms with van der Waals surface area (Å²) in [5.41, 5.74) is 0.369. The number of hydrogen-bond donors (Lipinski definition) is 1. The van der Waals surface area contributed by atoms with Crippen molar-refractivity contribution in [3.05, 3.63) is 40.3 Å². The van der Waals surface area contributed by atoms with Crippen molar-refractivity contribution in [3.63, 3.8) is 0 Å². The van der Waals surface area contributed by atoms with E-state index in [2.05, 4.69) is 15.0 Å². The maximum atomic E-state index is 13.9. The number of carboxylic acids is 1. The molecular weight excluding hydrogens is 468 g/mol. The van der Waals surface area contributed by atoms with Gasteiger partial charge in [-0.05, 0) is 68.9 Å². The van der Waals surface area contributed by atoms with Gasteiger partial charge in [-0.3, -0.25) is 9.69 Å². The molecule has 6 rings (SSSR count). The van der Waals surface area contributed by atoms with Gasteiger partial charge in [-0.15, -0.1) is 0 Å². The van der Waals surface area contributed by atoms with Gasteiger partial charge in [0.2, 0.25) is 5.71 Å². The van der Waals surface area contributed by atoms with E-state index in [1.165, 1.54) is 71.3 Å². The molecule has 8 nitrogen and oxygen atoms in total. The highest BCUT2D eigenvalue weighted by Crippen LogP contribution is 2.46. The summed E-state index contributed by atoms with van der Waals surface area (Å²) in [5.74, 6) is 0.445. The van der Waals surface area contributed by atoms with Crippen LogP contribution in [0.1, 0.15) is 88.8 Å². The summed E-state index contributed by atoms with van der Waals surface area (Å²) in [6.45, 7) is 0. The molecule has 2 aromatic rings. The van der Waals surface area contributed by atoms with E-state index >= 15 is 0 Å². The van der Waals surface area contributed by atoms with Crippen LogP contribution in [0.15, 0.2) is 34.2 Å². The van der Waals surface area contributed by atoms with Crippen LogP contribution in [0.3, 0.4) is 0 Å². The molecule has 3 heterocycles. The van der Waals surface area contributed by atoms with Gasteiger partial charge in [-0.1, -0.05) is 49.4 Å². The summed E-state index contributed by atoms with van der Waals surface area (Å²) in [5, 5.41) is 13.4. The standard InChI is InChI=1S/C29H38N4O4/c1-37-31-27(29(35)36)26-28(34)33(25-12-5-4-11-24(25)30-26)23-16-20-9-6-10-21(17-23)32(20)22-14-18-7-2-3-8-19(13-18)15-22/h4-5,11-12,18-23H,2-3,6-10,13-17H2,1H3,(H,35,36)/b31-27-/t18-,19+,20-,21+,22-,23+. The van der Waals surface area contributed by atoms with Crippen molar-refractivity contribution in [2.45, 2.75) is 101 Å². The van der Waals surface area contributed by atoms with E-state index in [0.717, 1.165) is 30.2 Å². The zero-order valence-corrected chi connectivity index (χ0v) is 21.7. The highest BCUT2D eigenvalue weighted by molar-refractivity contribution is 6.41. The topological polar surface area (TPSA) is 97.0 Å². The Morgan fingerprint density at radius 2 is 1.59 bits per heavy atom. The minimum absolute atomic E-state index is 0.00848. The van der Waals surface area contributed by atoms with Gasteiger partial charge in [0.05, 0.1) is 11.0 Å². The first-order valence-corrected chi connectivity index (χ1v) is 14.2. The van der Waals surface area contributed by atoms with E-state index in [1.807, 2.05) is 28.8 Å². The van der Waals surface area contributed by atoms with Crippen LogP contribution >= 0.6 is 0 Å². The van der Waals surface area contributed by atoms with Gasteiger partial charge in [-0.25, -0.2) is 9.78 Å². The van der Waals surface area contributed by atoms with E-state index in [0.29, 0.717) is 23.6 Å². The Labute approximate surface area is 217 Å². The molecule has 0 radical (unpaired) electrons. The van der Waals surface area contributed by atoms with Crippen molar-refractivity contribution in [2.75, 3.05) is 7.11 Å². The number of carboxylic acid groups (broad SMARTS) is 1. The van der Waals surface area contributed by atoms with E-state index in [-0.39, 0.29) is 11.7 Å². The molecule has 2 saturated heterocycles. The van der Waals surface area contributed by atoms with Crippen molar-refractivity contribution in [2.24, 2.45) is 17.0 Å². The van der Waals surface area contributed by atoms with Crippen LogP contribution in [0.2, 0.25) is 0 Å². The largest absolute Gasteiger partial charge is 0.476 e. The summed E-state index contributed by atoms with van der Waals surface area (Å²) in [4.78, 5) is 37.9. The fourth-order valence-corrected chi connectivity index (χ4v) is 8.25. The Kier molecular flexibility index (Phi) is 6.78. The normalized spacial score (nSPS) is 32.6. The van der Waals surface area contributed by atoms with Gasteiger partial charge in [-0.2, -0.15) is 0 Å². The second-order valence-corrected chi connectivity index (χ2v) is 11.7. The van der Waals surface area contributed by atoms with Gasteiger partial charge < -0.3 is 14.5 Å². The molecule has 6 atom stereocenters. The molecule has 4 aliphatic rings. The van der Waals surface area contributed by atoms with Crippen molar-refractivity contribution in [1.82, 2.24) is 14.5 Å². The second kappa shape index (κ2) is 10.2. The molecule has 198 valence electrons. The first kappa shape index (κ1) is 24.6. The third-order valence-electron chi connectivity index (χ3n) is 9.55. The molecule has 0 spiro atoms. The molecule has 4 bridgehead atoms. The van der Waals surface area contributed by atoms with Gasteiger partial charge in [0.1, 0.15) is 7.11 Å². The number of fused-ring (bicyclic) bond motifs is 5. The van der Waals surface area contributed by atoms with Crippen LogP contribution in [-0.2, 0) is 9.63 Å². The van der Waals surface area contributed by atoms with Crippen molar-refractivity contribution in [3.8, 4) is 0 Å². The Balaban J connectivity index is 1.36. The molecule has 4 fully saturated rings. The van der Waals surface area contributed by atoms with Crippen LogP contribution < -0.4 is 5.56 Å². The lowest BCUT2D eigenvalue weighted by atomic mass is 9.73. The summed E-state index contributed by atoms with van der Waals surface area (Å²) in [6, 6.07) is 9.16. The lowest BCUT2D eigenvalue weighted by Crippen LogP contribution is -2.58. The van der Waals surface area contributed by atoms with Crippen molar-refractivity contribution < 1.29 is 14.7 Å². The Hall–Kier alpha value is -2.74. The average molecular weight is 507 g/mol. The smallest absolute Gasteiger partial charge is 0.360 e. The van der Waals surface area contributed by atoms with Crippen molar-refractivity contribution >= 4 is 22.7 Å². The zero-order chi connectivity index (χ0) is 25.5. The molecule has 1 aromatic heterocycles. The van der Waals surface area contributed by atoms with Crippen LogP contribution in [0, 0.1) is 11.8 Å². The van der Waals surface area contributed by atoms with Gasteiger partial charge in [0.15, 0.2) is 5.69 Å². The monoisotopic (exact) mass is 506 g/mol. The number of aliphatic carboxylic acids is 1. The number of benzene rings is 1. The number of hydrogen-bond acceptors (Lipinski definition) is 6. The first-order valence-electron chi connectivity index (χ1n) is 14.2. The van der Waals surface area contributed by atoms with E-state index < -0.39 is 17.2 Å². The highest BCUT2D eigenvalue weighted by Gasteiger charge is 2.45. The number of para-hydroxylation sites is 2. The number of rotatable bonds is 5. The minimum atomic E-state index is -1.32. The predicted molar refractivity (Wildman–Crippen MR) is 142 cm³/mol. The molecule has 1 aromatic carbocycles. The number of nitrogens with zero attached hydrogens (tertiary/aromatic N) is 4. The SMILES string of the molecule is CO/N=C(\C(=O)O)c1nc2ccccc2n([C@H]2C[C@H]3CCC[C@@H](C2)N3[C@@H]2C[C@@H]3CCCC[C@@H](C3)C2)c1=O. The van der Waals surface area contributed by atoms with Crippen LogP contribution in [0.25, 0.3) is 11.0 Å². The second-order valence-electron chi connectivity index (χ2n) is 11.7. The summed E-state index contributed by atoms with van der Waals surface area (Å²) >= 11 is 0. The average Bonchev–Trinajstić information content (AvgIpc) is 3.05. The number of aromatic nitrogens is 2. The molecule has 2 saturated carbocycles. The van der Waals surface area contributed by atoms with Crippen LogP contribution in [-0.4, -0.2) is 56.5 Å². The third-order valence-corrected chi connectivity index (χ3v) is 9.55. The fraction of sp³-hybridized carbons (Fsp3) is 0.655. The quantitative estimate of drug-likeness (QED) is 0.464. The maximum absolute atomic E-state index is 13.9. The highest BCUT2D eigenvalue weighted by atomic mass is 16.6. The Morgan fingerprint density at radius 3 is 2.24 bits per heavy atom. The predicted octanol–water partition coefficient (Wildman–Crippen LogP) is 4.75. The number of carbonyl (C=O) groups is 1. The van der Waals surface area contributed by atoms with Gasteiger partial charge in [0.25, 0.3) is 5.56 Å². The van der Waals surface area contributed by atoms with Crippen molar-refractivity contribution in [1.29, 1.82) is 0 Å². The molecular formula is C29H38N4O4. The summed E-state index contributed by atoms with van der Waals surface area (Å²) < 4.78 is 1.83. The molecule has 0 unspecified atom stereocenters. The van der Waals surface area contributed by atoms with Gasteiger partial charge in [0, 0.05) is 24.2 Å². The molecule has 8 heteroatoms. The van der Waals surface area contributed by atoms with E-state index in [4.69, 9.17) is 4.84 Å². The Morgan fingerprint density at radius 1 is 0.919 bits per heavy atom. The van der Waals surface area contributed by atoms with E-state index in [9.17, 15) is 14.7 Å². The minimum Gasteiger partial charge on any atom is -0.476 e. The van der Waals surface area contributed by atoms with Crippen LogP contribution in [0.4, 0.5) is 0 Å². The molecule has 2 aliphatic heterocycles. The van der Waals surface area contributed by atoms with E-state index in [1.54, 1.807) is 0 Å². The first-order chi connectivity index (χ1) is 18.0. The molecule has 2 aliphatic carbocycles. The van der Waals surface area contributed by atoms with Crippen LogP contribution in [0.5, 0.6) is 0 Å². The lowest BCUT2D eigenvalue weighted by molar-refractivity contribution is -0.129. The van der Waals surface area contributed by atoms with Gasteiger partial charge >= 0.3 is 5.97 Å². The molecule has 0 amide bonds.